The summed E-state index contributed by atoms with van der Waals surface area (Å²) in [5.41, 5.74) is 1.81. The molecule has 2 rings (SSSR count). The number of anilines is 1. The lowest BCUT2D eigenvalue weighted by molar-refractivity contribution is 0.199. The van der Waals surface area contributed by atoms with Crippen LogP contribution in [0.2, 0.25) is 0 Å². The summed E-state index contributed by atoms with van der Waals surface area (Å²) in [6, 6.07) is 7.61. The maximum atomic E-state index is 8.73. The number of hydrogen-bond donors (Lipinski definition) is 2. The van der Waals surface area contributed by atoms with Crippen LogP contribution in [-0.4, -0.2) is 42.1 Å². The van der Waals surface area contributed by atoms with Gasteiger partial charge < -0.3 is 19.7 Å². The van der Waals surface area contributed by atoms with Gasteiger partial charge in [0.25, 0.3) is 5.89 Å². The molecule has 102 valence electrons. The molecule has 0 radical (unpaired) electrons. The number of aliphatic hydroxyl groups is 1. The van der Waals surface area contributed by atoms with Gasteiger partial charge in [0.1, 0.15) is 0 Å². The maximum absolute atomic E-state index is 8.73. The SMILES string of the molecule is COCCc1noc(-c2ccc(NCCO)cc2)n1. The summed E-state index contributed by atoms with van der Waals surface area (Å²) in [7, 11) is 1.64. The van der Waals surface area contributed by atoms with Gasteiger partial charge in [0.15, 0.2) is 5.82 Å². The fourth-order valence-corrected chi connectivity index (χ4v) is 1.60. The quantitative estimate of drug-likeness (QED) is 0.784. The number of nitrogens with one attached hydrogen (secondary N) is 1. The number of aromatic nitrogens is 2. The van der Waals surface area contributed by atoms with Gasteiger partial charge in [-0.2, -0.15) is 4.98 Å². The Bertz CT molecular complexity index is 496. The first-order valence-electron chi connectivity index (χ1n) is 6.10. The Kier molecular flexibility index (Phi) is 4.88. The number of hydrogen-bond acceptors (Lipinski definition) is 6. The first-order chi connectivity index (χ1) is 9.33. The van der Waals surface area contributed by atoms with Gasteiger partial charge in [-0.3, -0.25) is 0 Å². The van der Waals surface area contributed by atoms with Crippen LogP contribution >= 0.6 is 0 Å². The van der Waals surface area contributed by atoms with E-state index in [1.54, 1.807) is 7.11 Å². The van der Waals surface area contributed by atoms with Crippen molar-refractivity contribution < 1.29 is 14.4 Å². The second-order valence-electron chi connectivity index (χ2n) is 3.99. The van der Waals surface area contributed by atoms with E-state index in [0.717, 1.165) is 11.3 Å². The highest BCUT2D eigenvalue weighted by Gasteiger charge is 2.08. The number of methoxy groups -OCH3 is 1. The number of nitrogens with zero attached hydrogens (tertiary/aromatic N) is 2. The molecule has 0 unspecified atom stereocenters. The Morgan fingerprint density at radius 2 is 2.11 bits per heavy atom. The summed E-state index contributed by atoms with van der Waals surface area (Å²) in [6.45, 7) is 1.21. The van der Waals surface area contributed by atoms with E-state index in [9.17, 15) is 0 Å². The van der Waals surface area contributed by atoms with Crippen LogP contribution in [0.15, 0.2) is 28.8 Å². The molecule has 2 N–H and O–H groups in total. The first-order valence-corrected chi connectivity index (χ1v) is 6.10. The minimum atomic E-state index is 0.105. The molecule has 0 aliphatic heterocycles. The van der Waals surface area contributed by atoms with Crippen LogP contribution in [0.3, 0.4) is 0 Å². The Morgan fingerprint density at radius 3 is 2.79 bits per heavy atom. The molecule has 0 aliphatic carbocycles. The number of ether oxygens (including phenoxy) is 1. The van der Waals surface area contributed by atoms with Crippen molar-refractivity contribution in [2.24, 2.45) is 0 Å². The maximum Gasteiger partial charge on any atom is 0.257 e. The molecule has 0 saturated heterocycles. The average molecular weight is 263 g/mol. The standard InChI is InChI=1S/C13H17N3O3/c1-18-9-6-12-15-13(19-16-12)10-2-4-11(5-3-10)14-7-8-17/h2-5,14,17H,6-9H2,1H3. The second kappa shape index (κ2) is 6.86. The molecule has 1 aromatic carbocycles. The Morgan fingerprint density at radius 1 is 1.32 bits per heavy atom. The monoisotopic (exact) mass is 263 g/mol. The summed E-state index contributed by atoms with van der Waals surface area (Å²) in [6.07, 6.45) is 0.635. The normalized spacial score (nSPS) is 10.6. The summed E-state index contributed by atoms with van der Waals surface area (Å²) >= 11 is 0. The van der Waals surface area contributed by atoms with Crippen molar-refractivity contribution in [3.8, 4) is 11.5 Å². The molecule has 1 heterocycles. The van der Waals surface area contributed by atoms with Crippen LogP contribution in [0.5, 0.6) is 0 Å². The third-order valence-electron chi connectivity index (χ3n) is 2.57. The zero-order valence-electron chi connectivity index (χ0n) is 10.8. The molecule has 0 amide bonds. The third kappa shape index (κ3) is 3.77. The molecule has 0 saturated carbocycles. The van der Waals surface area contributed by atoms with Gasteiger partial charge >= 0.3 is 0 Å². The van der Waals surface area contributed by atoms with Crippen molar-refractivity contribution in [2.45, 2.75) is 6.42 Å². The Labute approximate surface area is 111 Å². The highest BCUT2D eigenvalue weighted by molar-refractivity contribution is 5.58. The lowest BCUT2D eigenvalue weighted by Gasteiger charge is -2.03. The van der Waals surface area contributed by atoms with Gasteiger partial charge in [0.2, 0.25) is 0 Å². The number of benzene rings is 1. The molecule has 0 spiro atoms. The summed E-state index contributed by atoms with van der Waals surface area (Å²) in [4.78, 5) is 4.29. The highest BCUT2D eigenvalue weighted by Crippen LogP contribution is 2.19. The van der Waals surface area contributed by atoms with E-state index in [-0.39, 0.29) is 6.61 Å². The van der Waals surface area contributed by atoms with Crippen LogP contribution in [0.1, 0.15) is 5.82 Å². The van der Waals surface area contributed by atoms with Gasteiger partial charge in [-0.05, 0) is 24.3 Å². The summed E-state index contributed by atoms with van der Waals surface area (Å²) in [5, 5.41) is 15.7. The van der Waals surface area contributed by atoms with Gasteiger partial charge in [-0.1, -0.05) is 5.16 Å². The predicted octanol–water partition coefficient (Wildman–Crippen LogP) is 1.33. The topological polar surface area (TPSA) is 80.4 Å². The third-order valence-corrected chi connectivity index (χ3v) is 2.57. The second-order valence-corrected chi connectivity index (χ2v) is 3.99. The molecule has 6 nitrogen and oxygen atoms in total. The molecule has 0 fully saturated rings. The highest BCUT2D eigenvalue weighted by atomic mass is 16.5. The van der Waals surface area contributed by atoms with Crippen molar-refractivity contribution in [1.82, 2.24) is 10.1 Å². The predicted molar refractivity (Wildman–Crippen MR) is 70.9 cm³/mol. The zero-order valence-corrected chi connectivity index (χ0v) is 10.8. The van der Waals surface area contributed by atoms with E-state index in [1.165, 1.54) is 0 Å². The van der Waals surface area contributed by atoms with E-state index < -0.39 is 0 Å². The molecule has 2 aromatic rings. The lowest BCUT2D eigenvalue weighted by atomic mass is 10.2. The first kappa shape index (κ1) is 13.5. The van der Waals surface area contributed by atoms with Crippen molar-refractivity contribution in [3.63, 3.8) is 0 Å². The van der Waals surface area contributed by atoms with Crippen molar-refractivity contribution in [2.75, 3.05) is 32.2 Å². The van der Waals surface area contributed by atoms with Gasteiger partial charge in [0.05, 0.1) is 13.2 Å². The van der Waals surface area contributed by atoms with E-state index in [4.69, 9.17) is 14.4 Å². The molecule has 0 aliphatic rings. The Hall–Kier alpha value is -1.92. The number of rotatable bonds is 7. The molecular weight excluding hydrogens is 246 g/mol. The van der Waals surface area contributed by atoms with Crippen molar-refractivity contribution >= 4 is 5.69 Å². The summed E-state index contributed by atoms with van der Waals surface area (Å²) < 4.78 is 10.2. The van der Waals surface area contributed by atoms with Crippen LogP contribution < -0.4 is 5.32 Å². The molecule has 0 atom stereocenters. The molecule has 0 bridgehead atoms. The fourth-order valence-electron chi connectivity index (χ4n) is 1.60. The fraction of sp³-hybridized carbons (Fsp3) is 0.385. The summed E-state index contributed by atoms with van der Waals surface area (Å²) in [5.74, 6) is 1.14. The van der Waals surface area contributed by atoms with Gasteiger partial charge in [-0.15, -0.1) is 0 Å². The van der Waals surface area contributed by atoms with E-state index in [0.29, 0.717) is 31.3 Å². The largest absolute Gasteiger partial charge is 0.395 e. The van der Waals surface area contributed by atoms with Crippen LogP contribution in [-0.2, 0) is 11.2 Å². The average Bonchev–Trinajstić information content (AvgIpc) is 2.92. The van der Waals surface area contributed by atoms with Crippen molar-refractivity contribution in [3.05, 3.63) is 30.1 Å². The van der Waals surface area contributed by atoms with E-state index in [2.05, 4.69) is 15.5 Å². The molecule has 1 aromatic heterocycles. The van der Waals surface area contributed by atoms with Gasteiger partial charge in [0, 0.05) is 31.3 Å². The smallest absolute Gasteiger partial charge is 0.257 e. The van der Waals surface area contributed by atoms with Crippen LogP contribution in [0.25, 0.3) is 11.5 Å². The molecule has 6 heteroatoms. The molecule has 19 heavy (non-hydrogen) atoms. The van der Waals surface area contributed by atoms with Gasteiger partial charge in [-0.25, -0.2) is 0 Å². The number of aliphatic hydroxyl groups excluding tert-OH is 1. The minimum Gasteiger partial charge on any atom is -0.395 e. The molecular formula is C13H17N3O3. The minimum absolute atomic E-state index is 0.105. The van der Waals surface area contributed by atoms with E-state index in [1.807, 2.05) is 24.3 Å². The van der Waals surface area contributed by atoms with Crippen molar-refractivity contribution in [1.29, 1.82) is 0 Å². The van der Waals surface area contributed by atoms with Crippen LogP contribution in [0, 0.1) is 0 Å². The lowest BCUT2D eigenvalue weighted by Crippen LogP contribution is -2.04. The zero-order chi connectivity index (χ0) is 13.5. The Balaban J connectivity index is 2.02. The van der Waals surface area contributed by atoms with Crippen LogP contribution in [0.4, 0.5) is 5.69 Å². The van der Waals surface area contributed by atoms with E-state index >= 15 is 0 Å².